The van der Waals surface area contributed by atoms with Crippen molar-refractivity contribution in [3.8, 4) is 11.1 Å². The number of hydrogen-bond donors (Lipinski definition) is 4. The molecule has 0 saturated carbocycles. The molecule has 2 heterocycles. The minimum absolute atomic E-state index is 0.148. The van der Waals surface area contributed by atoms with E-state index in [1.54, 1.807) is 23.5 Å². The van der Waals surface area contributed by atoms with Crippen LogP contribution < -0.4 is 5.32 Å². The van der Waals surface area contributed by atoms with Gasteiger partial charge in [0.05, 0.1) is 10.9 Å². The molecule has 8 heteroatoms. The molecule has 0 fully saturated rings. The Bertz CT molecular complexity index is 1070. The Morgan fingerprint density at radius 1 is 1.29 bits per heavy atom. The summed E-state index contributed by atoms with van der Waals surface area (Å²) in [7, 11) is -1.58. The van der Waals surface area contributed by atoms with E-state index in [2.05, 4.69) is 10.3 Å². The van der Waals surface area contributed by atoms with Gasteiger partial charge < -0.3 is 10.3 Å². The molecule has 0 spiro atoms. The molecule has 1 aromatic heterocycles. The van der Waals surface area contributed by atoms with Crippen LogP contribution in [0.2, 0.25) is 0 Å². The fraction of sp³-hybridized carbons (Fsp3) is 0.250. The number of H-pyrrole nitrogens is 1. The number of amides is 1. The number of carbonyl (C=O) groups is 1. The maximum absolute atomic E-state index is 13.5. The van der Waals surface area contributed by atoms with Crippen molar-refractivity contribution in [2.45, 2.75) is 24.3 Å². The van der Waals surface area contributed by atoms with Crippen LogP contribution >= 0.6 is 10.8 Å². The maximum Gasteiger partial charge on any atom is 0.221 e. The van der Waals surface area contributed by atoms with E-state index in [1.807, 2.05) is 25.3 Å². The molecule has 0 aliphatic carbocycles. The fourth-order valence-electron chi connectivity index (χ4n) is 3.79. The van der Waals surface area contributed by atoms with Crippen molar-refractivity contribution in [2.24, 2.45) is 0 Å². The molecule has 0 saturated heterocycles. The van der Waals surface area contributed by atoms with Gasteiger partial charge in [0.25, 0.3) is 0 Å². The first-order chi connectivity index (χ1) is 13.3. The molecule has 1 aliphatic rings. The second kappa shape index (κ2) is 6.89. The normalized spacial score (nSPS) is 19.5. The van der Waals surface area contributed by atoms with Crippen molar-refractivity contribution in [3.63, 3.8) is 0 Å². The maximum atomic E-state index is 13.5. The zero-order valence-electron chi connectivity index (χ0n) is 15.6. The topological polar surface area (TPSA) is 88.6 Å². The number of aromatic amines is 1. The molecule has 28 heavy (non-hydrogen) atoms. The van der Waals surface area contributed by atoms with E-state index in [0.717, 1.165) is 22.1 Å². The molecule has 0 bridgehead atoms. The van der Waals surface area contributed by atoms with Crippen molar-refractivity contribution >= 4 is 27.6 Å². The highest BCUT2D eigenvalue weighted by atomic mass is 32.3. The molecule has 3 aromatic rings. The van der Waals surface area contributed by atoms with Crippen LogP contribution in [0.4, 0.5) is 4.39 Å². The molecule has 1 aliphatic heterocycles. The van der Waals surface area contributed by atoms with Gasteiger partial charge in [-0.2, -0.15) is 4.31 Å². The van der Waals surface area contributed by atoms with E-state index < -0.39 is 10.8 Å². The van der Waals surface area contributed by atoms with E-state index in [9.17, 15) is 18.3 Å². The molecule has 1 amide bonds. The zero-order valence-corrected chi connectivity index (χ0v) is 16.4. The Hall–Kier alpha value is -2.39. The van der Waals surface area contributed by atoms with Crippen LogP contribution in [0.1, 0.15) is 24.9 Å². The summed E-state index contributed by atoms with van der Waals surface area (Å²) in [5.41, 5.74) is 3.36. The number of fused-ring (bicyclic) bond motifs is 2. The van der Waals surface area contributed by atoms with Crippen molar-refractivity contribution in [1.82, 2.24) is 14.6 Å². The van der Waals surface area contributed by atoms with Gasteiger partial charge in [0.2, 0.25) is 5.91 Å². The molecular formula is C20H22FN3O3S. The van der Waals surface area contributed by atoms with E-state index >= 15 is 0 Å². The SMILES string of the molecule is CNC(=O)CCN1C(C)c2cc(-c3c[nH]c4cc(F)ccc34)ccc2S1(O)O. The van der Waals surface area contributed by atoms with Gasteiger partial charge in [0, 0.05) is 42.7 Å². The number of aromatic nitrogens is 1. The van der Waals surface area contributed by atoms with Gasteiger partial charge in [-0.25, -0.2) is 4.39 Å². The van der Waals surface area contributed by atoms with Crippen molar-refractivity contribution < 1.29 is 18.3 Å². The fourth-order valence-corrected chi connectivity index (χ4v) is 5.74. The molecule has 4 rings (SSSR count). The van der Waals surface area contributed by atoms with Crippen molar-refractivity contribution in [1.29, 1.82) is 0 Å². The molecule has 2 aromatic carbocycles. The van der Waals surface area contributed by atoms with Gasteiger partial charge in [-0.1, -0.05) is 6.07 Å². The number of halogens is 1. The summed E-state index contributed by atoms with van der Waals surface area (Å²) in [6, 6.07) is 9.88. The lowest BCUT2D eigenvalue weighted by molar-refractivity contribution is -0.120. The highest BCUT2D eigenvalue weighted by molar-refractivity contribution is 8.22. The van der Waals surface area contributed by atoms with E-state index in [4.69, 9.17) is 0 Å². The molecule has 148 valence electrons. The van der Waals surface area contributed by atoms with E-state index in [-0.39, 0.29) is 30.7 Å². The first-order valence-corrected chi connectivity index (χ1v) is 10.5. The summed E-state index contributed by atoms with van der Waals surface area (Å²) in [5, 5.41) is 3.45. The van der Waals surface area contributed by atoms with Crippen LogP contribution in [0.15, 0.2) is 47.5 Å². The lowest BCUT2D eigenvalue weighted by atomic mass is 9.99. The standard InChI is InChI=1S/C20H22FN3O3S/c1-12-16-9-13(17-11-23-18-10-14(21)4-5-15(17)18)3-6-19(16)28(26,27)24(12)8-7-20(25)22-2/h3-6,9-12,23,26-27H,7-8H2,1-2H3,(H,22,25). The van der Waals surface area contributed by atoms with Crippen LogP contribution in [0.3, 0.4) is 0 Å². The predicted octanol–water partition coefficient (Wildman–Crippen LogP) is 4.51. The predicted molar refractivity (Wildman–Crippen MR) is 109 cm³/mol. The summed E-state index contributed by atoms with van der Waals surface area (Å²) < 4.78 is 36.6. The van der Waals surface area contributed by atoms with Crippen LogP contribution in [0.25, 0.3) is 22.0 Å². The third-order valence-corrected chi connectivity index (χ3v) is 7.42. The van der Waals surface area contributed by atoms with Crippen molar-refractivity contribution in [3.05, 3.63) is 54.0 Å². The van der Waals surface area contributed by atoms with Gasteiger partial charge in [-0.15, -0.1) is 10.8 Å². The van der Waals surface area contributed by atoms with Crippen LogP contribution in [-0.4, -0.2) is 37.9 Å². The average molecular weight is 403 g/mol. The summed E-state index contributed by atoms with van der Waals surface area (Å²) in [6.07, 6.45) is 2.01. The smallest absolute Gasteiger partial charge is 0.221 e. The molecule has 4 N–H and O–H groups in total. The summed E-state index contributed by atoms with van der Waals surface area (Å²) in [5.74, 6) is -0.450. The van der Waals surface area contributed by atoms with Crippen LogP contribution in [0, 0.1) is 5.82 Å². The Kier molecular flexibility index (Phi) is 4.67. The summed E-state index contributed by atoms with van der Waals surface area (Å²) >= 11 is 0. The van der Waals surface area contributed by atoms with Gasteiger partial charge in [0.15, 0.2) is 0 Å². The number of carbonyl (C=O) groups excluding carboxylic acids is 1. The Morgan fingerprint density at radius 2 is 2.07 bits per heavy atom. The molecule has 0 radical (unpaired) electrons. The first-order valence-electron chi connectivity index (χ1n) is 8.99. The summed E-state index contributed by atoms with van der Waals surface area (Å²) in [6.45, 7) is 2.15. The Morgan fingerprint density at radius 3 is 2.82 bits per heavy atom. The number of nitrogens with one attached hydrogen (secondary N) is 2. The number of nitrogens with zero attached hydrogens (tertiary/aromatic N) is 1. The van der Waals surface area contributed by atoms with E-state index in [0.29, 0.717) is 10.4 Å². The van der Waals surface area contributed by atoms with Gasteiger partial charge in [-0.05, 0) is 48.4 Å². The third kappa shape index (κ3) is 2.98. The molecular weight excluding hydrogens is 381 g/mol. The number of hydrogen-bond acceptors (Lipinski definition) is 4. The minimum atomic E-state index is -3.14. The van der Waals surface area contributed by atoms with E-state index in [1.165, 1.54) is 12.1 Å². The molecule has 1 atom stereocenters. The second-order valence-corrected chi connectivity index (χ2v) is 8.85. The third-order valence-electron chi connectivity index (χ3n) is 5.31. The van der Waals surface area contributed by atoms with Crippen LogP contribution in [0.5, 0.6) is 0 Å². The van der Waals surface area contributed by atoms with Gasteiger partial charge in [0.1, 0.15) is 5.82 Å². The zero-order chi connectivity index (χ0) is 20.1. The van der Waals surface area contributed by atoms with Crippen LogP contribution in [-0.2, 0) is 4.79 Å². The lowest BCUT2D eigenvalue weighted by Crippen LogP contribution is -2.29. The Balaban J connectivity index is 1.71. The lowest BCUT2D eigenvalue weighted by Gasteiger charge is -2.39. The highest BCUT2D eigenvalue weighted by Gasteiger charge is 2.40. The number of benzene rings is 2. The number of rotatable bonds is 4. The molecule has 6 nitrogen and oxygen atoms in total. The second-order valence-electron chi connectivity index (χ2n) is 6.90. The van der Waals surface area contributed by atoms with Gasteiger partial charge in [-0.3, -0.25) is 13.9 Å². The summed E-state index contributed by atoms with van der Waals surface area (Å²) in [4.78, 5) is 15.2. The Labute approximate surface area is 163 Å². The monoisotopic (exact) mass is 403 g/mol. The first kappa shape index (κ1) is 18.9. The van der Waals surface area contributed by atoms with Crippen molar-refractivity contribution in [2.75, 3.05) is 13.6 Å². The average Bonchev–Trinajstić information content (AvgIpc) is 3.17. The minimum Gasteiger partial charge on any atom is -0.360 e. The molecule has 1 unspecified atom stereocenters. The van der Waals surface area contributed by atoms with Gasteiger partial charge >= 0.3 is 0 Å². The highest BCUT2D eigenvalue weighted by Crippen LogP contribution is 2.63. The quantitative estimate of drug-likeness (QED) is 0.516. The largest absolute Gasteiger partial charge is 0.360 e.